The van der Waals surface area contributed by atoms with Crippen LogP contribution in [0.25, 0.3) is 0 Å². The van der Waals surface area contributed by atoms with Crippen molar-refractivity contribution in [3.8, 4) is 0 Å². The Morgan fingerprint density at radius 2 is 1.50 bits per heavy atom. The molecule has 0 unspecified atom stereocenters. The molecule has 0 amide bonds. The minimum Gasteiger partial charge on any atom is -0.469 e. The molecule has 6 aliphatic rings. The Kier molecular flexibility index (Phi) is 12.4. The van der Waals surface area contributed by atoms with Crippen LogP contribution >= 0.6 is 0 Å². The van der Waals surface area contributed by atoms with Gasteiger partial charge in [-0.05, 0) is 109 Å². The number of esters is 4. The van der Waals surface area contributed by atoms with Gasteiger partial charge in [-0.2, -0.15) is 0 Å². The summed E-state index contributed by atoms with van der Waals surface area (Å²) in [6, 6.07) is 0. The van der Waals surface area contributed by atoms with Crippen LogP contribution in [0.2, 0.25) is 0 Å². The fourth-order valence-corrected chi connectivity index (χ4v) is 13.2. The van der Waals surface area contributed by atoms with Gasteiger partial charge in [-0.1, -0.05) is 60.1 Å². The molecule has 328 valence electrons. The number of ether oxygens (including phenoxy) is 8. The topological polar surface area (TPSA) is 183 Å². The van der Waals surface area contributed by atoms with E-state index in [9.17, 15) is 29.4 Å². The Morgan fingerprint density at radius 1 is 0.810 bits per heavy atom. The van der Waals surface area contributed by atoms with Crippen molar-refractivity contribution in [2.75, 3.05) is 35.0 Å². The van der Waals surface area contributed by atoms with Crippen LogP contribution in [0.4, 0.5) is 0 Å². The lowest BCUT2D eigenvalue weighted by atomic mass is 9.33. The number of hydrogen-bond acceptors (Lipinski definition) is 14. The summed E-state index contributed by atoms with van der Waals surface area (Å²) in [7, 11) is 4.90. The van der Waals surface area contributed by atoms with Gasteiger partial charge in [0.2, 0.25) is 0 Å². The second-order valence-corrected chi connectivity index (χ2v) is 20.1. The Bertz CT molecular complexity index is 1620. The molecule has 1 heterocycles. The quantitative estimate of drug-likeness (QED) is 0.0983. The molecule has 0 aromatic heterocycles. The summed E-state index contributed by atoms with van der Waals surface area (Å²) >= 11 is 0. The first-order valence-electron chi connectivity index (χ1n) is 21.1. The molecule has 14 atom stereocenters. The van der Waals surface area contributed by atoms with Crippen molar-refractivity contribution in [1.82, 2.24) is 0 Å². The zero-order chi connectivity index (χ0) is 42.8. The summed E-state index contributed by atoms with van der Waals surface area (Å²) in [5, 5.41) is 22.9. The lowest BCUT2D eigenvalue weighted by molar-refractivity contribution is -0.340. The summed E-state index contributed by atoms with van der Waals surface area (Å²) in [6.45, 7) is 15.8. The number of aliphatic hydroxyl groups is 2. The van der Waals surface area contributed by atoms with E-state index in [0.717, 1.165) is 79.1 Å². The molecule has 2 N–H and O–H groups in total. The number of carbonyl (C=O) groups is 4. The Labute approximate surface area is 343 Å². The summed E-state index contributed by atoms with van der Waals surface area (Å²) < 4.78 is 43.5. The first kappa shape index (κ1) is 44.9. The van der Waals surface area contributed by atoms with E-state index in [1.54, 1.807) is 0 Å². The summed E-state index contributed by atoms with van der Waals surface area (Å²) in [6.07, 6.45) is 1.02. The lowest BCUT2D eigenvalue weighted by Crippen LogP contribution is -2.66. The van der Waals surface area contributed by atoms with E-state index in [1.165, 1.54) is 12.7 Å². The molecule has 14 heteroatoms. The van der Waals surface area contributed by atoms with Crippen LogP contribution in [0.15, 0.2) is 11.6 Å². The maximum Gasteiger partial charge on any atom is 0.363 e. The molecule has 5 aliphatic carbocycles. The minimum absolute atomic E-state index is 0.000792. The smallest absolute Gasteiger partial charge is 0.363 e. The van der Waals surface area contributed by atoms with E-state index in [-0.39, 0.29) is 39.5 Å². The van der Waals surface area contributed by atoms with Gasteiger partial charge in [-0.25, -0.2) is 14.4 Å². The zero-order valence-corrected chi connectivity index (χ0v) is 36.4. The van der Waals surface area contributed by atoms with Gasteiger partial charge in [0.1, 0.15) is 24.9 Å². The van der Waals surface area contributed by atoms with Gasteiger partial charge < -0.3 is 48.1 Å². The normalized spacial score (nSPS) is 43.1. The third-order valence-electron chi connectivity index (χ3n) is 16.7. The molecule has 14 nitrogen and oxygen atoms in total. The van der Waals surface area contributed by atoms with Crippen LogP contribution in [0.5, 0.6) is 0 Å². The molecule has 0 aromatic rings. The SMILES string of the molecule is COC(=O)CO[C@@H](O[C@@H]1[C@@H](O)[C@H](O[C@H]2CC[C@]3(C)[C@H]4CC=C5[C@@H]6CC(C)(C)CC[C@]6(C(=O)OC)CC[C@@]5(C)[C@]4(C)CC[C@H]3C2(C)C)O[C@H](C(=O)OC)[C@H]1O)C(=O)OC. The van der Waals surface area contributed by atoms with Crippen molar-refractivity contribution < 1.29 is 67.3 Å². The first-order valence-corrected chi connectivity index (χ1v) is 21.1. The average Bonchev–Trinajstić information content (AvgIpc) is 3.18. The Hall–Kier alpha value is -2.62. The summed E-state index contributed by atoms with van der Waals surface area (Å²) in [5.41, 5.74) is 0.597. The zero-order valence-electron chi connectivity index (χ0n) is 36.4. The molecule has 6 rings (SSSR count). The molecule has 0 spiro atoms. The van der Waals surface area contributed by atoms with Gasteiger partial charge in [0.25, 0.3) is 6.29 Å². The molecule has 1 saturated heterocycles. The third kappa shape index (κ3) is 7.12. The number of allylic oxidation sites excluding steroid dienone is 2. The molecule has 4 saturated carbocycles. The Morgan fingerprint density at radius 3 is 2.14 bits per heavy atom. The fraction of sp³-hybridized carbons (Fsp3) is 0.864. The van der Waals surface area contributed by atoms with Crippen molar-refractivity contribution in [2.24, 2.45) is 50.2 Å². The second-order valence-electron chi connectivity index (χ2n) is 20.1. The summed E-state index contributed by atoms with van der Waals surface area (Å²) in [4.78, 5) is 51.0. The Balaban J connectivity index is 1.26. The van der Waals surface area contributed by atoms with Crippen LogP contribution < -0.4 is 0 Å². The van der Waals surface area contributed by atoms with E-state index < -0.39 is 78.4 Å². The largest absolute Gasteiger partial charge is 0.469 e. The van der Waals surface area contributed by atoms with Gasteiger partial charge in [0.05, 0.1) is 40.0 Å². The predicted molar refractivity (Wildman–Crippen MR) is 207 cm³/mol. The highest BCUT2D eigenvalue weighted by Gasteiger charge is 2.70. The molecular weight excluding hydrogens is 752 g/mol. The lowest BCUT2D eigenvalue weighted by Gasteiger charge is -2.71. The van der Waals surface area contributed by atoms with Crippen LogP contribution in [-0.4, -0.2) is 112 Å². The number of methoxy groups -OCH3 is 4. The van der Waals surface area contributed by atoms with Gasteiger partial charge >= 0.3 is 23.9 Å². The van der Waals surface area contributed by atoms with Crippen LogP contribution in [0, 0.1) is 50.2 Å². The highest BCUT2D eigenvalue weighted by molar-refractivity contribution is 5.79. The monoisotopic (exact) mass is 820 g/mol. The van der Waals surface area contributed by atoms with Crippen LogP contribution in [0.1, 0.15) is 113 Å². The average molecular weight is 821 g/mol. The van der Waals surface area contributed by atoms with Gasteiger partial charge in [0, 0.05) is 0 Å². The van der Waals surface area contributed by atoms with Crippen LogP contribution in [0.3, 0.4) is 0 Å². The minimum atomic E-state index is -1.86. The standard InChI is InChI=1S/C44H68O14/c1-39(2)18-20-44(38(50)54-11)21-19-42(6)24(25(44)22-39)12-13-27-41(5)16-15-28(40(3,4)26(41)14-17-43(27,42)7)56-36-31(47)32(30(46)33(58-36)34(48)52-9)57-37(35(49)53-10)55-23-29(45)51-8/h12,25-28,30-33,36-37,46-47H,13-23H2,1-11H3/t25-,26-,27+,28-,30-,31+,32-,33-,36+,37-,41-,42+,43+,44-/m0/s1. The van der Waals surface area contributed by atoms with E-state index in [0.29, 0.717) is 12.3 Å². The molecule has 5 fully saturated rings. The van der Waals surface area contributed by atoms with Crippen molar-refractivity contribution >= 4 is 23.9 Å². The predicted octanol–water partition coefficient (Wildman–Crippen LogP) is 5.04. The highest BCUT2D eigenvalue weighted by atomic mass is 16.7. The second kappa shape index (κ2) is 16.0. The van der Waals surface area contributed by atoms with Crippen LogP contribution in [-0.2, 0) is 57.1 Å². The number of aliphatic hydroxyl groups excluding tert-OH is 2. The summed E-state index contributed by atoms with van der Waals surface area (Å²) in [5.74, 6) is -2.07. The van der Waals surface area contributed by atoms with E-state index in [4.69, 9.17) is 33.2 Å². The van der Waals surface area contributed by atoms with Crippen molar-refractivity contribution in [3.63, 3.8) is 0 Å². The highest BCUT2D eigenvalue weighted by Crippen LogP contribution is 2.76. The van der Waals surface area contributed by atoms with Gasteiger partial charge in [0.15, 0.2) is 12.4 Å². The van der Waals surface area contributed by atoms with E-state index in [2.05, 4.69) is 59.3 Å². The maximum absolute atomic E-state index is 13.7. The first-order chi connectivity index (χ1) is 27.1. The molecule has 0 bridgehead atoms. The third-order valence-corrected chi connectivity index (χ3v) is 16.7. The van der Waals surface area contributed by atoms with Crippen molar-refractivity contribution in [3.05, 3.63) is 11.6 Å². The number of fused-ring (bicyclic) bond motifs is 7. The molecule has 58 heavy (non-hydrogen) atoms. The number of carbonyl (C=O) groups excluding carboxylic acids is 4. The molecular formula is C44H68O14. The van der Waals surface area contributed by atoms with Crippen molar-refractivity contribution in [2.45, 2.75) is 156 Å². The maximum atomic E-state index is 13.7. The van der Waals surface area contributed by atoms with E-state index in [1.807, 2.05) is 0 Å². The number of hydrogen-bond donors (Lipinski definition) is 2. The molecule has 0 aromatic carbocycles. The van der Waals surface area contributed by atoms with Gasteiger partial charge in [-0.3, -0.25) is 4.79 Å². The molecule has 1 aliphatic heterocycles. The van der Waals surface area contributed by atoms with E-state index >= 15 is 0 Å². The molecule has 0 radical (unpaired) electrons. The van der Waals surface area contributed by atoms with Crippen molar-refractivity contribution in [1.29, 1.82) is 0 Å². The fourth-order valence-electron chi connectivity index (χ4n) is 13.2. The number of rotatable bonds is 10. The van der Waals surface area contributed by atoms with Gasteiger partial charge in [-0.15, -0.1) is 0 Å².